The van der Waals surface area contributed by atoms with Crippen LogP contribution in [0.25, 0.3) is 16.9 Å². The van der Waals surface area contributed by atoms with Crippen LogP contribution in [0.3, 0.4) is 0 Å². The molecule has 29 heavy (non-hydrogen) atoms. The molecule has 0 aliphatic carbocycles. The molecule has 2 heterocycles. The second kappa shape index (κ2) is 8.20. The molecule has 1 N–H and O–H groups in total. The normalized spacial score (nSPS) is 10.6. The summed E-state index contributed by atoms with van der Waals surface area (Å²) >= 11 is 1.36. The molecule has 2 aromatic heterocycles. The van der Waals surface area contributed by atoms with Gasteiger partial charge in [0.05, 0.1) is 19.9 Å². The number of rotatable bonds is 6. The van der Waals surface area contributed by atoms with E-state index >= 15 is 0 Å². The second-order valence-electron chi connectivity index (χ2n) is 6.20. The van der Waals surface area contributed by atoms with Crippen molar-refractivity contribution in [1.82, 2.24) is 9.55 Å². The first-order valence-electron chi connectivity index (χ1n) is 8.90. The number of carbonyl (C=O) groups excluding carboxylic acids is 1. The Morgan fingerprint density at radius 1 is 1.03 bits per heavy atom. The molecule has 0 fully saturated rings. The third-order valence-corrected chi connectivity index (χ3v) is 5.18. The molecule has 0 unspecified atom stereocenters. The number of hydrogen-bond donors (Lipinski definition) is 1. The van der Waals surface area contributed by atoms with Crippen LogP contribution in [0.15, 0.2) is 72.4 Å². The van der Waals surface area contributed by atoms with E-state index in [1.54, 1.807) is 20.3 Å². The van der Waals surface area contributed by atoms with Crippen molar-refractivity contribution in [3.8, 4) is 28.4 Å². The lowest BCUT2D eigenvalue weighted by Crippen LogP contribution is -2.12. The number of nitrogens with one attached hydrogen (secondary N) is 1. The van der Waals surface area contributed by atoms with Crippen LogP contribution in [0, 0.1) is 0 Å². The fourth-order valence-electron chi connectivity index (χ4n) is 2.95. The molecule has 0 saturated carbocycles. The van der Waals surface area contributed by atoms with Gasteiger partial charge in [-0.05, 0) is 48.5 Å². The summed E-state index contributed by atoms with van der Waals surface area (Å²) in [6, 6.07) is 16.8. The number of thiazole rings is 1. The van der Waals surface area contributed by atoms with Gasteiger partial charge in [-0.2, -0.15) is 0 Å². The zero-order valence-electron chi connectivity index (χ0n) is 16.0. The Morgan fingerprint density at radius 2 is 1.86 bits per heavy atom. The molecule has 0 aliphatic heterocycles. The summed E-state index contributed by atoms with van der Waals surface area (Å²) in [6.07, 6.45) is 3.87. The predicted molar refractivity (Wildman–Crippen MR) is 114 cm³/mol. The number of ether oxygens (including phenoxy) is 2. The van der Waals surface area contributed by atoms with E-state index in [4.69, 9.17) is 9.47 Å². The minimum absolute atomic E-state index is 0.211. The Hall–Kier alpha value is -3.58. The van der Waals surface area contributed by atoms with E-state index < -0.39 is 0 Å². The molecule has 4 rings (SSSR count). The number of aromatic nitrogens is 2. The summed E-state index contributed by atoms with van der Waals surface area (Å²) in [5.74, 6) is 1.19. The van der Waals surface area contributed by atoms with Gasteiger partial charge in [-0.15, -0.1) is 11.3 Å². The highest BCUT2D eigenvalue weighted by Gasteiger charge is 2.14. The first-order chi connectivity index (χ1) is 14.2. The quantitative estimate of drug-likeness (QED) is 0.497. The van der Waals surface area contributed by atoms with E-state index in [0.717, 1.165) is 11.3 Å². The van der Waals surface area contributed by atoms with Crippen molar-refractivity contribution in [3.05, 3.63) is 77.9 Å². The van der Waals surface area contributed by atoms with Gasteiger partial charge in [0.1, 0.15) is 11.5 Å². The molecule has 0 aliphatic rings. The maximum absolute atomic E-state index is 12.7. The zero-order chi connectivity index (χ0) is 20.2. The highest BCUT2D eigenvalue weighted by molar-refractivity contribution is 7.14. The Balaban J connectivity index is 1.56. The smallest absolute Gasteiger partial charge is 0.257 e. The monoisotopic (exact) mass is 405 g/mol. The van der Waals surface area contributed by atoms with Crippen LogP contribution in [0.4, 0.5) is 5.13 Å². The Bertz CT molecular complexity index is 1140. The molecule has 0 atom stereocenters. The summed E-state index contributed by atoms with van der Waals surface area (Å²) < 4.78 is 12.7. The Morgan fingerprint density at radius 3 is 2.62 bits per heavy atom. The van der Waals surface area contributed by atoms with E-state index in [1.807, 2.05) is 70.9 Å². The molecule has 0 radical (unpaired) electrons. The standard InChI is InChI=1S/C22H19N3O3S/c1-27-17-8-9-20(28-2)18(13-17)19-14-29-22(23-19)24-21(26)15-6-5-7-16(12-15)25-10-3-4-11-25/h3-14H,1-2H3,(H,23,24,26). The highest BCUT2D eigenvalue weighted by Crippen LogP contribution is 2.35. The number of nitrogens with zero attached hydrogens (tertiary/aromatic N) is 2. The fourth-order valence-corrected chi connectivity index (χ4v) is 3.66. The maximum atomic E-state index is 12.7. The van der Waals surface area contributed by atoms with E-state index in [2.05, 4.69) is 10.3 Å². The van der Waals surface area contributed by atoms with Crippen molar-refractivity contribution in [2.75, 3.05) is 19.5 Å². The van der Waals surface area contributed by atoms with Crippen molar-refractivity contribution in [2.45, 2.75) is 0 Å². The molecule has 0 bridgehead atoms. The van der Waals surface area contributed by atoms with Gasteiger partial charge in [0, 0.05) is 34.6 Å². The molecule has 7 heteroatoms. The van der Waals surface area contributed by atoms with Crippen LogP contribution < -0.4 is 14.8 Å². The topological polar surface area (TPSA) is 65.4 Å². The van der Waals surface area contributed by atoms with E-state index in [1.165, 1.54) is 11.3 Å². The van der Waals surface area contributed by atoms with Crippen molar-refractivity contribution >= 4 is 22.4 Å². The molecule has 4 aromatic rings. The first-order valence-corrected chi connectivity index (χ1v) is 9.78. The molecule has 2 aromatic carbocycles. The Kier molecular flexibility index (Phi) is 5.31. The minimum atomic E-state index is -0.211. The van der Waals surface area contributed by atoms with Gasteiger partial charge in [-0.1, -0.05) is 6.07 Å². The molecular weight excluding hydrogens is 386 g/mol. The lowest BCUT2D eigenvalue weighted by Gasteiger charge is -2.08. The zero-order valence-corrected chi connectivity index (χ0v) is 16.8. The van der Waals surface area contributed by atoms with Crippen LogP contribution in [0.1, 0.15) is 10.4 Å². The summed E-state index contributed by atoms with van der Waals surface area (Å²) in [5, 5.41) is 5.27. The lowest BCUT2D eigenvalue weighted by atomic mass is 10.1. The number of anilines is 1. The van der Waals surface area contributed by atoms with Gasteiger partial charge in [0.15, 0.2) is 5.13 Å². The van der Waals surface area contributed by atoms with Gasteiger partial charge >= 0.3 is 0 Å². The highest BCUT2D eigenvalue weighted by atomic mass is 32.1. The summed E-state index contributed by atoms with van der Waals surface area (Å²) in [5.41, 5.74) is 3.00. The third-order valence-electron chi connectivity index (χ3n) is 4.42. The molecule has 1 amide bonds. The van der Waals surface area contributed by atoms with E-state index in [0.29, 0.717) is 27.9 Å². The van der Waals surface area contributed by atoms with Crippen molar-refractivity contribution in [1.29, 1.82) is 0 Å². The van der Waals surface area contributed by atoms with Gasteiger partial charge in [0.25, 0.3) is 5.91 Å². The fraction of sp³-hybridized carbons (Fsp3) is 0.0909. The largest absolute Gasteiger partial charge is 0.497 e. The SMILES string of the molecule is COc1ccc(OC)c(-c2csc(NC(=O)c3cccc(-n4cccc4)c3)n2)c1. The molecule has 0 spiro atoms. The van der Waals surface area contributed by atoms with Crippen molar-refractivity contribution in [3.63, 3.8) is 0 Å². The molecule has 146 valence electrons. The van der Waals surface area contributed by atoms with Gasteiger partial charge < -0.3 is 14.0 Å². The lowest BCUT2D eigenvalue weighted by molar-refractivity contribution is 0.102. The first kappa shape index (κ1) is 18.8. The average Bonchev–Trinajstić information content (AvgIpc) is 3.46. The van der Waals surface area contributed by atoms with E-state index in [9.17, 15) is 4.79 Å². The number of amides is 1. The number of benzene rings is 2. The van der Waals surface area contributed by atoms with Crippen LogP contribution in [0.5, 0.6) is 11.5 Å². The maximum Gasteiger partial charge on any atom is 0.257 e. The Labute approximate surface area is 172 Å². The minimum Gasteiger partial charge on any atom is -0.497 e. The van der Waals surface area contributed by atoms with Crippen LogP contribution >= 0.6 is 11.3 Å². The molecule has 0 saturated heterocycles. The van der Waals surface area contributed by atoms with Crippen molar-refractivity contribution < 1.29 is 14.3 Å². The number of carbonyl (C=O) groups is 1. The van der Waals surface area contributed by atoms with Crippen LogP contribution in [-0.2, 0) is 0 Å². The second-order valence-corrected chi connectivity index (χ2v) is 7.06. The third kappa shape index (κ3) is 4.00. The van der Waals surface area contributed by atoms with Gasteiger partial charge in [-0.25, -0.2) is 4.98 Å². The van der Waals surface area contributed by atoms with Crippen LogP contribution in [0.2, 0.25) is 0 Å². The number of methoxy groups -OCH3 is 2. The summed E-state index contributed by atoms with van der Waals surface area (Å²) in [4.78, 5) is 17.3. The van der Waals surface area contributed by atoms with Crippen LogP contribution in [-0.4, -0.2) is 29.7 Å². The summed E-state index contributed by atoms with van der Waals surface area (Å²) in [6.45, 7) is 0. The predicted octanol–water partition coefficient (Wildman–Crippen LogP) is 4.87. The van der Waals surface area contributed by atoms with E-state index in [-0.39, 0.29) is 5.91 Å². The molecule has 6 nitrogen and oxygen atoms in total. The van der Waals surface area contributed by atoms with Crippen molar-refractivity contribution in [2.24, 2.45) is 0 Å². The van der Waals surface area contributed by atoms with Gasteiger partial charge in [-0.3, -0.25) is 10.1 Å². The van der Waals surface area contributed by atoms with Gasteiger partial charge in [0.2, 0.25) is 0 Å². The summed E-state index contributed by atoms with van der Waals surface area (Å²) in [7, 11) is 3.22. The molecular formula is C22H19N3O3S. The number of hydrogen-bond acceptors (Lipinski definition) is 5. The average molecular weight is 405 g/mol.